The lowest BCUT2D eigenvalue weighted by molar-refractivity contribution is -0.384. The van der Waals surface area contributed by atoms with E-state index in [0.29, 0.717) is 60.9 Å². The van der Waals surface area contributed by atoms with Crippen molar-refractivity contribution in [3.05, 3.63) is 57.1 Å². The average Bonchev–Trinajstić information content (AvgIpc) is 2.78. The van der Waals surface area contributed by atoms with Gasteiger partial charge in [-0.15, -0.1) is 0 Å². The molecule has 0 bridgehead atoms. The fourth-order valence-electron chi connectivity index (χ4n) is 3.50. The molecule has 0 unspecified atom stereocenters. The zero-order valence-corrected chi connectivity index (χ0v) is 19.6. The summed E-state index contributed by atoms with van der Waals surface area (Å²) >= 11 is 6.25. The van der Waals surface area contributed by atoms with Crippen LogP contribution in [0.25, 0.3) is 0 Å². The fraction of sp³-hybridized carbons (Fsp3) is 0.391. The van der Waals surface area contributed by atoms with Crippen LogP contribution in [0, 0.1) is 16.0 Å². The smallest absolute Gasteiger partial charge is 0.293 e. The van der Waals surface area contributed by atoms with Gasteiger partial charge in [0.25, 0.3) is 11.6 Å². The van der Waals surface area contributed by atoms with Gasteiger partial charge in [0.2, 0.25) is 5.91 Å². The third-order valence-corrected chi connectivity index (χ3v) is 5.56. The summed E-state index contributed by atoms with van der Waals surface area (Å²) in [5.41, 5.74) is 0.877. The number of carbonyl (C=O) groups excluding carboxylic acids is 2. The quantitative estimate of drug-likeness (QED) is 0.476. The first kappa shape index (κ1) is 24.3. The monoisotopic (exact) mass is 474 g/mol. The maximum absolute atomic E-state index is 12.7. The van der Waals surface area contributed by atoms with E-state index in [2.05, 4.69) is 5.32 Å². The van der Waals surface area contributed by atoms with Crippen LogP contribution in [0.2, 0.25) is 5.02 Å². The molecule has 3 rings (SSSR count). The van der Waals surface area contributed by atoms with Crippen LogP contribution in [0.4, 0.5) is 17.1 Å². The van der Waals surface area contributed by atoms with Crippen molar-refractivity contribution in [1.82, 2.24) is 4.90 Å². The molecule has 1 aliphatic heterocycles. The SMILES string of the molecule is CC(=O)N1CCN(c2ccc(C(=O)Nc3ccc(OCC(C)C)c(Cl)c3)cc2[N+](=O)[O-])CC1. The number of nitrogens with one attached hydrogen (secondary N) is 1. The Morgan fingerprint density at radius 3 is 2.42 bits per heavy atom. The van der Waals surface area contributed by atoms with E-state index in [4.69, 9.17) is 16.3 Å². The van der Waals surface area contributed by atoms with E-state index in [0.717, 1.165) is 0 Å². The highest BCUT2D eigenvalue weighted by Crippen LogP contribution is 2.31. The van der Waals surface area contributed by atoms with Crippen molar-refractivity contribution < 1.29 is 19.2 Å². The molecule has 2 amide bonds. The van der Waals surface area contributed by atoms with Crippen LogP contribution in [-0.2, 0) is 4.79 Å². The molecule has 33 heavy (non-hydrogen) atoms. The molecule has 0 aromatic heterocycles. The Morgan fingerprint density at radius 1 is 1.15 bits per heavy atom. The number of carbonyl (C=O) groups is 2. The normalized spacial score (nSPS) is 13.7. The van der Waals surface area contributed by atoms with Crippen LogP contribution < -0.4 is 15.0 Å². The van der Waals surface area contributed by atoms with Gasteiger partial charge < -0.3 is 19.9 Å². The van der Waals surface area contributed by atoms with Gasteiger partial charge in [-0.05, 0) is 36.2 Å². The molecule has 10 heteroatoms. The van der Waals surface area contributed by atoms with Crippen molar-refractivity contribution in [3.8, 4) is 5.75 Å². The first-order valence-corrected chi connectivity index (χ1v) is 11.1. The second kappa shape index (κ2) is 10.5. The molecule has 2 aromatic carbocycles. The van der Waals surface area contributed by atoms with Gasteiger partial charge in [0, 0.05) is 50.4 Å². The molecule has 1 heterocycles. The van der Waals surface area contributed by atoms with E-state index in [1.54, 1.807) is 35.2 Å². The zero-order valence-electron chi connectivity index (χ0n) is 18.8. The Morgan fingerprint density at radius 2 is 1.85 bits per heavy atom. The summed E-state index contributed by atoms with van der Waals surface area (Å²) in [6.45, 7) is 8.03. The number of rotatable bonds is 7. The number of nitrogens with zero attached hydrogens (tertiary/aromatic N) is 3. The number of benzene rings is 2. The Balaban J connectivity index is 1.74. The van der Waals surface area contributed by atoms with Gasteiger partial charge in [0.05, 0.1) is 16.6 Å². The van der Waals surface area contributed by atoms with Crippen LogP contribution in [0.1, 0.15) is 31.1 Å². The molecule has 0 aliphatic carbocycles. The number of halogens is 1. The van der Waals surface area contributed by atoms with Crippen molar-refractivity contribution in [2.75, 3.05) is 43.0 Å². The minimum Gasteiger partial charge on any atom is -0.492 e. The number of hydrogen-bond acceptors (Lipinski definition) is 6. The highest BCUT2D eigenvalue weighted by Gasteiger charge is 2.26. The third-order valence-electron chi connectivity index (χ3n) is 5.26. The highest BCUT2D eigenvalue weighted by molar-refractivity contribution is 6.32. The molecule has 2 aromatic rings. The van der Waals surface area contributed by atoms with Crippen molar-refractivity contribution in [2.45, 2.75) is 20.8 Å². The molecule has 0 spiro atoms. The maximum atomic E-state index is 12.7. The number of nitro benzene ring substituents is 1. The van der Waals surface area contributed by atoms with Crippen molar-refractivity contribution in [3.63, 3.8) is 0 Å². The molecule has 9 nitrogen and oxygen atoms in total. The first-order valence-electron chi connectivity index (χ1n) is 10.7. The molecule has 1 fully saturated rings. The van der Waals surface area contributed by atoms with E-state index >= 15 is 0 Å². The Hall–Kier alpha value is -3.33. The zero-order chi connectivity index (χ0) is 24.1. The Bertz CT molecular complexity index is 1050. The maximum Gasteiger partial charge on any atom is 0.293 e. The van der Waals surface area contributed by atoms with Crippen LogP contribution in [-0.4, -0.2) is 54.4 Å². The lowest BCUT2D eigenvalue weighted by Crippen LogP contribution is -2.48. The van der Waals surface area contributed by atoms with Gasteiger partial charge in [0.15, 0.2) is 0 Å². The van der Waals surface area contributed by atoms with Crippen molar-refractivity contribution in [1.29, 1.82) is 0 Å². The van der Waals surface area contributed by atoms with Crippen LogP contribution in [0.5, 0.6) is 5.75 Å². The second-order valence-corrected chi connectivity index (χ2v) is 8.67. The molecule has 1 aliphatic rings. The minimum absolute atomic E-state index is 0.0178. The molecule has 176 valence electrons. The summed E-state index contributed by atoms with van der Waals surface area (Å²) < 4.78 is 5.63. The van der Waals surface area contributed by atoms with Gasteiger partial charge in [-0.25, -0.2) is 0 Å². The molecule has 0 radical (unpaired) electrons. The predicted molar refractivity (Wildman–Crippen MR) is 127 cm³/mol. The van der Waals surface area contributed by atoms with Gasteiger partial charge in [-0.1, -0.05) is 25.4 Å². The Kier molecular flexibility index (Phi) is 7.75. The van der Waals surface area contributed by atoms with Crippen LogP contribution in [0.3, 0.4) is 0 Å². The molecular weight excluding hydrogens is 448 g/mol. The summed E-state index contributed by atoms with van der Waals surface area (Å²) in [7, 11) is 0. The predicted octanol–water partition coefficient (Wildman–Crippen LogP) is 4.20. The van der Waals surface area contributed by atoms with E-state index in [1.165, 1.54) is 13.0 Å². The number of anilines is 2. The summed E-state index contributed by atoms with van der Waals surface area (Å²) in [6, 6.07) is 9.31. The molecule has 1 saturated heterocycles. The molecule has 0 saturated carbocycles. The van der Waals surface area contributed by atoms with Gasteiger partial charge in [-0.3, -0.25) is 19.7 Å². The average molecular weight is 475 g/mol. The number of piperazine rings is 1. The lowest BCUT2D eigenvalue weighted by Gasteiger charge is -2.35. The lowest BCUT2D eigenvalue weighted by atomic mass is 10.1. The summed E-state index contributed by atoms with van der Waals surface area (Å²) in [4.78, 5) is 39.0. The first-order chi connectivity index (χ1) is 15.7. The van der Waals surface area contributed by atoms with Crippen LogP contribution >= 0.6 is 11.6 Å². The largest absolute Gasteiger partial charge is 0.492 e. The highest BCUT2D eigenvalue weighted by atomic mass is 35.5. The van der Waals surface area contributed by atoms with Crippen molar-refractivity contribution in [2.24, 2.45) is 5.92 Å². The minimum atomic E-state index is -0.499. The summed E-state index contributed by atoms with van der Waals surface area (Å²) in [6.07, 6.45) is 0. The number of amides is 2. The molecular formula is C23H27ClN4O5. The second-order valence-electron chi connectivity index (χ2n) is 8.26. The topological polar surface area (TPSA) is 105 Å². The van der Waals surface area contributed by atoms with Gasteiger partial charge in [0.1, 0.15) is 11.4 Å². The fourth-order valence-corrected chi connectivity index (χ4v) is 3.73. The Labute approximate surface area is 197 Å². The number of ether oxygens (including phenoxy) is 1. The summed E-state index contributed by atoms with van der Waals surface area (Å²) in [5, 5.41) is 14.8. The molecule has 0 atom stereocenters. The summed E-state index contributed by atoms with van der Waals surface area (Å²) in [5.74, 6) is 0.360. The van der Waals surface area contributed by atoms with Gasteiger partial charge >= 0.3 is 0 Å². The van der Waals surface area contributed by atoms with Crippen LogP contribution in [0.15, 0.2) is 36.4 Å². The number of nitro groups is 1. The third kappa shape index (κ3) is 6.13. The molecule has 1 N–H and O–H groups in total. The van der Waals surface area contributed by atoms with E-state index < -0.39 is 10.8 Å². The van der Waals surface area contributed by atoms with E-state index in [1.807, 2.05) is 18.7 Å². The number of hydrogen-bond donors (Lipinski definition) is 1. The standard InChI is InChI=1S/C23H27ClN4O5/c1-15(2)14-33-22-7-5-18(13-19(22)24)25-23(30)17-4-6-20(21(12-17)28(31)32)27-10-8-26(9-11-27)16(3)29/h4-7,12-13,15H,8-11,14H2,1-3H3,(H,25,30). The van der Waals surface area contributed by atoms with Gasteiger partial charge in [-0.2, -0.15) is 0 Å². The van der Waals surface area contributed by atoms with E-state index in [9.17, 15) is 19.7 Å². The van der Waals surface area contributed by atoms with Crippen molar-refractivity contribution >= 4 is 40.5 Å². The van der Waals surface area contributed by atoms with E-state index in [-0.39, 0.29) is 17.2 Å².